The minimum atomic E-state index is -0.887. The van der Waals surface area contributed by atoms with Crippen molar-refractivity contribution in [2.75, 3.05) is 18.8 Å². The van der Waals surface area contributed by atoms with Crippen molar-refractivity contribution in [3.05, 3.63) is 35.9 Å². The highest BCUT2D eigenvalue weighted by molar-refractivity contribution is 7.84. The van der Waals surface area contributed by atoms with Gasteiger partial charge >= 0.3 is 6.09 Å². The summed E-state index contributed by atoms with van der Waals surface area (Å²) in [5.74, 6) is 1.54. The number of hydrogen-bond acceptors (Lipinski definition) is 3. The highest BCUT2D eigenvalue weighted by atomic mass is 32.2. The lowest BCUT2D eigenvalue weighted by atomic mass is 10.2. The summed E-state index contributed by atoms with van der Waals surface area (Å²) in [6.07, 6.45) is 0.642. The fraction of sp³-hybridized carbons (Fsp3) is 0.588. The van der Waals surface area contributed by atoms with E-state index in [2.05, 4.69) is 0 Å². The molecule has 122 valence electrons. The largest absolute Gasteiger partial charge is 0.444 e. The van der Waals surface area contributed by atoms with E-state index in [1.54, 1.807) is 4.90 Å². The molecule has 1 aliphatic heterocycles. The summed E-state index contributed by atoms with van der Waals surface area (Å²) >= 11 is 0. The number of likely N-dealkylation sites (tertiary alicyclic amines) is 1. The first kappa shape index (κ1) is 17.0. The molecule has 0 saturated carbocycles. The van der Waals surface area contributed by atoms with Crippen molar-refractivity contribution < 1.29 is 13.7 Å². The number of ether oxygens (including phenoxy) is 1. The van der Waals surface area contributed by atoms with Crippen molar-refractivity contribution in [1.82, 2.24) is 4.90 Å². The number of amides is 1. The van der Waals surface area contributed by atoms with Gasteiger partial charge in [-0.15, -0.1) is 0 Å². The van der Waals surface area contributed by atoms with E-state index in [1.165, 1.54) is 0 Å². The first-order chi connectivity index (χ1) is 10.3. The molecule has 5 heteroatoms. The summed E-state index contributed by atoms with van der Waals surface area (Å²) in [6, 6.07) is 9.89. The molecule has 1 fully saturated rings. The molecule has 2 atom stereocenters. The van der Waals surface area contributed by atoms with Crippen molar-refractivity contribution in [2.45, 2.75) is 38.5 Å². The fourth-order valence-corrected chi connectivity index (χ4v) is 4.02. The Labute approximate surface area is 135 Å². The van der Waals surface area contributed by atoms with Crippen LogP contribution in [0.2, 0.25) is 0 Å². The Balaban J connectivity index is 1.79. The second kappa shape index (κ2) is 7.27. The highest BCUT2D eigenvalue weighted by Gasteiger charge is 2.30. The van der Waals surface area contributed by atoms with Crippen LogP contribution in [-0.4, -0.2) is 39.6 Å². The topological polar surface area (TPSA) is 46.6 Å². The van der Waals surface area contributed by atoms with Crippen molar-refractivity contribution >= 4 is 16.9 Å². The Kier molecular flexibility index (Phi) is 5.62. The van der Waals surface area contributed by atoms with Gasteiger partial charge in [0.15, 0.2) is 0 Å². The van der Waals surface area contributed by atoms with E-state index in [1.807, 2.05) is 51.1 Å². The summed E-state index contributed by atoms with van der Waals surface area (Å²) in [7, 11) is -0.887. The third kappa shape index (κ3) is 5.44. The standard InChI is InChI=1S/C17H25NO3S/c1-17(2,3)21-16(19)18-10-9-15(11-18)13-22(20)12-14-7-5-4-6-8-14/h4-8,15H,9-13H2,1-3H3/t15-,22?/m1/s1. The van der Waals surface area contributed by atoms with Crippen LogP contribution in [0.15, 0.2) is 30.3 Å². The molecule has 1 unspecified atom stereocenters. The van der Waals surface area contributed by atoms with E-state index < -0.39 is 16.4 Å². The molecule has 0 aliphatic carbocycles. The molecule has 1 amide bonds. The van der Waals surface area contributed by atoms with Crippen LogP contribution >= 0.6 is 0 Å². The van der Waals surface area contributed by atoms with Crippen LogP contribution in [0.1, 0.15) is 32.8 Å². The summed E-state index contributed by atoms with van der Waals surface area (Å²) < 4.78 is 17.6. The van der Waals surface area contributed by atoms with Gasteiger partial charge in [-0.25, -0.2) is 4.79 Å². The maximum absolute atomic E-state index is 12.3. The van der Waals surface area contributed by atoms with Crippen molar-refractivity contribution in [1.29, 1.82) is 0 Å². The van der Waals surface area contributed by atoms with Crippen LogP contribution in [0, 0.1) is 5.92 Å². The zero-order valence-corrected chi connectivity index (χ0v) is 14.4. The molecule has 0 bridgehead atoms. The summed E-state index contributed by atoms with van der Waals surface area (Å²) in [5, 5.41) is 0. The van der Waals surface area contributed by atoms with Gasteiger partial charge in [-0.1, -0.05) is 30.3 Å². The van der Waals surface area contributed by atoms with E-state index in [0.717, 1.165) is 12.0 Å². The number of hydrogen-bond donors (Lipinski definition) is 0. The van der Waals surface area contributed by atoms with E-state index in [-0.39, 0.29) is 6.09 Å². The maximum Gasteiger partial charge on any atom is 0.410 e. The number of carbonyl (C=O) groups excluding carboxylic acids is 1. The quantitative estimate of drug-likeness (QED) is 0.855. The molecule has 2 rings (SSSR count). The lowest BCUT2D eigenvalue weighted by Gasteiger charge is -2.24. The monoisotopic (exact) mass is 323 g/mol. The Hall–Kier alpha value is -1.36. The smallest absolute Gasteiger partial charge is 0.410 e. The molecule has 0 radical (unpaired) electrons. The van der Waals surface area contributed by atoms with Gasteiger partial charge in [0.2, 0.25) is 0 Å². The average Bonchev–Trinajstić information content (AvgIpc) is 2.86. The third-order valence-corrected chi connectivity index (χ3v) is 5.03. The predicted molar refractivity (Wildman–Crippen MR) is 89.1 cm³/mol. The van der Waals surface area contributed by atoms with Gasteiger partial charge in [0.1, 0.15) is 5.60 Å². The minimum Gasteiger partial charge on any atom is -0.444 e. The fourth-order valence-electron chi connectivity index (χ4n) is 2.54. The number of carbonyl (C=O) groups is 1. The molecular weight excluding hydrogens is 298 g/mol. The Bertz CT molecular complexity index is 524. The van der Waals surface area contributed by atoms with E-state index in [0.29, 0.717) is 30.5 Å². The van der Waals surface area contributed by atoms with Crippen LogP contribution in [0.3, 0.4) is 0 Å². The molecule has 1 aliphatic rings. The van der Waals surface area contributed by atoms with E-state index in [9.17, 15) is 9.00 Å². The predicted octanol–water partition coefficient (Wildman–Crippen LogP) is 3.19. The van der Waals surface area contributed by atoms with Gasteiger partial charge in [0.25, 0.3) is 0 Å². The van der Waals surface area contributed by atoms with E-state index >= 15 is 0 Å². The summed E-state index contributed by atoms with van der Waals surface area (Å²) in [4.78, 5) is 13.7. The summed E-state index contributed by atoms with van der Waals surface area (Å²) in [5.41, 5.74) is 0.633. The molecule has 1 aromatic rings. The Morgan fingerprint density at radius 1 is 1.32 bits per heavy atom. The van der Waals surface area contributed by atoms with Crippen LogP contribution in [0.4, 0.5) is 4.79 Å². The second-order valence-corrected chi connectivity index (χ2v) is 8.32. The van der Waals surface area contributed by atoms with Crippen LogP contribution in [-0.2, 0) is 21.3 Å². The maximum atomic E-state index is 12.3. The number of rotatable bonds is 4. The van der Waals surface area contributed by atoms with E-state index in [4.69, 9.17) is 4.74 Å². The average molecular weight is 323 g/mol. The lowest BCUT2D eigenvalue weighted by Crippen LogP contribution is -2.35. The minimum absolute atomic E-state index is 0.260. The SMILES string of the molecule is CC(C)(C)OC(=O)N1CC[C@@H](CS(=O)Cc2ccccc2)C1. The van der Waals surface area contributed by atoms with Crippen LogP contribution in [0.25, 0.3) is 0 Å². The van der Waals surface area contributed by atoms with Crippen LogP contribution in [0.5, 0.6) is 0 Å². The Morgan fingerprint density at radius 2 is 2.00 bits per heavy atom. The Morgan fingerprint density at radius 3 is 2.64 bits per heavy atom. The lowest BCUT2D eigenvalue weighted by molar-refractivity contribution is 0.0289. The van der Waals surface area contributed by atoms with Gasteiger partial charge in [-0.05, 0) is 38.7 Å². The molecule has 0 aromatic heterocycles. The first-order valence-corrected chi connectivity index (χ1v) is 9.19. The molecule has 1 aromatic carbocycles. The van der Waals surface area contributed by atoms with Gasteiger partial charge in [-0.2, -0.15) is 0 Å². The number of benzene rings is 1. The van der Waals surface area contributed by atoms with Gasteiger partial charge in [-0.3, -0.25) is 4.21 Å². The normalized spacial score (nSPS) is 20.0. The summed E-state index contributed by atoms with van der Waals surface area (Å²) in [6.45, 7) is 6.95. The molecule has 1 saturated heterocycles. The number of nitrogens with zero attached hydrogens (tertiary/aromatic N) is 1. The molecule has 0 spiro atoms. The molecule has 0 N–H and O–H groups in total. The van der Waals surface area contributed by atoms with Crippen molar-refractivity contribution in [2.24, 2.45) is 5.92 Å². The van der Waals surface area contributed by atoms with Crippen molar-refractivity contribution in [3.8, 4) is 0 Å². The highest BCUT2D eigenvalue weighted by Crippen LogP contribution is 2.21. The van der Waals surface area contributed by atoms with Crippen molar-refractivity contribution in [3.63, 3.8) is 0 Å². The molecule has 1 heterocycles. The van der Waals surface area contributed by atoms with Gasteiger partial charge < -0.3 is 9.64 Å². The first-order valence-electron chi connectivity index (χ1n) is 7.70. The third-order valence-electron chi connectivity index (χ3n) is 3.53. The zero-order chi connectivity index (χ0) is 16.2. The van der Waals surface area contributed by atoms with Crippen LogP contribution < -0.4 is 0 Å². The van der Waals surface area contributed by atoms with Gasteiger partial charge in [0.05, 0.1) is 0 Å². The second-order valence-electron chi connectivity index (χ2n) is 6.82. The zero-order valence-electron chi connectivity index (χ0n) is 13.6. The molecule has 4 nitrogen and oxygen atoms in total. The molecule has 22 heavy (non-hydrogen) atoms. The molecular formula is C17H25NO3S. The van der Waals surface area contributed by atoms with Gasteiger partial charge in [0, 0.05) is 35.4 Å².